The first kappa shape index (κ1) is 28.1. The molecule has 1 aliphatic heterocycles. The van der Waals surface area contributed by atoms with E-state index in [1.54, 1.807) is 6.07 Å². The lowest BCUT2D eigenvalue weighted by Crippen LogP contribution is -2.49. The number of nitrogens with one attached hydrogen (secondary N) is 1. The lowest BCUT2D eigenvalue weighted by molar-refractivity contribution is 0.0965. The number of benzene rings is 2. The van der Waals surface area contributed by atoms with E-state index in [-0.39, 0.29) is 23.3 Å². The van der Waals surface area contributed by atoms with Gasteiger partial charge in [0, 0.05) is 69.8 Å². The second-order valence-electron chi connectivity index (χ2n) is 9.33. The summed E-state index contributed by atoms with van der Waals surface area (Å²) in [5, 5.41) is 2.89. The molecule has 4 rings (SSSR count). The van der Waals surface area contributed by atoms with Gasteiger partial charge >= 0.3 is 6.09 Å². The minimum atomic E-state index is -1.14. The van der Waals surface area contributed by atoms with Crippen LogP contribution in [-0.2, 0) is 0 Å². The van der Waals surface area contributed by atoms with E-state index in [0.717, 1.165) is 55.8 Å². The number of anilines is 3. The lowest BCUT2D eigenvalue weighted by atomic mass is 10.2. The molecule has 0 aliphatic carbocycles. The highest BCUT2D eigenvalue weighted by molar-refractivity contribution is 5.87. The van der Waals surface area contributed by atoms with E-state index in [1.165, 1.54) is 31.4 Å². The Hall–Kier alpha value is -3.90. The van der Waals surface area contributed by atoms with Crippen LogP contribution in [0.1, 0.15) is 13.8 Å². The molecule has 0 radical (unpaired) electrons. The van der Waals surface area contributed by atoms with Gasteiger partial charge in [0.25, 0.3) is 0 Å². The highest BCUT2D eigenvalue weighted by atomic mass is 19.2. The van der Waals surface area contributed by atoms with Gasteiger partial charge in [-0.3, -0.25) is 14.7 Å². The van der Waals surface area contributed by atoms with Gasteiger partial charge in [-0.1, -0.05) is 0 Å². The zero-order valence-electron chi connectivity index (χ0n) is 22.0. The summed E-state index contributed by atoms with van der Waals surface area (Å²) in [5.74, 6) is -2.47. The van der Waals surface area contributed by atoms with Crippen molar-refractivity contribution in [2.24, 2.45) is 0 Å². The van der Waals surface area contributed by atoms with Crippen LogP contribution in [-0.4, -0.2) is 78.3 Å². The topological polar surface area (TPSA) is 83.1 Å². The quantitative estimate of drug-likeness (QED) is 0.416. The summed E-state index contributed by atoms with van der Waals surface area (Å²) >= 11 is 0. The molecule has 1 aliphatic rings. The molecule has 12 heteroatoms. The standard InChI is InChI=1S/C27H31F3N6O3/c1-18(2)36-12-10-35(11-13-36)14-15-38-24-7-4-19(16-23(24)30)32-26-31-9-8-25(33-26)34(3)27(37)39-20-5-6-21(28)22(29)17-20/h4-9,16-18H,10-15H2,1-3H3,(H,31,32,33). The molecule has 1 amide bonds. The van der Waals surface area contributed by atoms with Crippen LogP contribution in [0.2, 0.25) is 0 Å². The number of aromatic nitrogens is 2. The van der Waals surface area contributed by atoms with E-state index < -0.39 is 23.5 Å². The Labute approximate surface area is 225 Å². The van der Waals surface area contributed by atoms with Crippen molar-refractivity contribution in [2.45, 2.75) is 19.9 Å². The van der Waals surface area contributed by atoms with Crippen molar-refractivity contribution in [2.75, 3.05) is 56.6 Å². The highest BCUT2D eigenvalue weighted by Crippen LogP contribution is 2.24. The minimum Gasteiger partial charge on any atom is -0.489 e. The molecule has 0 saturated carbocycles. The summed E-state index contributed by atoms with van der Waals surface area (Å²) in [4.78, 5) is 26.6. The van der Waals surface area contributed by atoms with Crippen LogP contribution in [0.25, 0.3) is 0 Å². The average molecular weight is 545 g/mol. The number of amides is 1. The first-order valence-electron chi connectivity index (χ1n) is 12.6. The Morgan fingerprint density at radius 1 is 1.03 bits per heavy atom. The number of rotatable bonds is 9. The van der Waals surface area contributed by atoms with Crippen molar-refractivity contribution in [3.8, 4) is 11.5 Å². The summed E-state index contributed by atoms with van der Waals surface area (Å²) < 4.78 is 51.9. The highest BCUT2D eigenvalue weighted by Gasteiger charge is 2.19. The monoisotopic (exact) mass is 544 g/mol. The Morgan fingerprint density at radius 2 is 1.79 bits per heavy atom. The molecule has 2 heterocycles. The second-order valence-corrected chi connectivity index (χ2v) is 9.33. The molecular formula is C27H31F3N6O3. The third-order valence-electron chi connectivity index (χ3n) is 6.34. The van der Waals surface area contributed by atoms with Gasteiger partial charge in [-0.2, -0.15) is 4.98 Å². The van der Waals surface area contributed by atoms with E-state index in [4.69, 9.17) is 9.47 Å². The largest absolute Gasteiger partial charge is 0.489 e. The van der Waals surface area contributed by atoms with Crippen molar-refractivity contribution >= 4 is 23.5 Å². The zero-order valence-corrected chi connectivity index (χ0v) is 22.0. The minimum absolute atomic E-state index is 0.105. The van der Waals surface area contributed by atoms with Crippen molar-refractivity contribution in [1.29, 1.82) is 0 Å². The van der Waals surface area contributed by atoms with Crippen molar-refractivity contribution in [3.63, 3.8) is 0 Å². The first-order chi connectivity index (χ1) is 18.7. The predicted octanol–water partition coefficient (Wildman–Crippen LogP) is 4.68. The number of hydrogen-bond donors (Lipinski definition) is 1. The fourth-order valence-corrected chi connectivity index (χ4v) is 4.01. The van der Waals surface area contributed by atoms with E-state index >= 15 is 0 Å². The lowest BCUT2D eigenvalue weighted by Gasteiger charge is -2.36. The Morgan fingerprint density at radius 3 is 2.49 bits per heavy atom. The normalized spacial score (nSPS) is 14.3. The number of piperazine rings is 1. The van der Waals surface area contributed by atoms with Gasteiger partial charge in [-0.15, -0.1) is 0 Å². The van der Waals surface area contributed by atoms with E-state index in [0.29, 0.717) is 18.3 Å². The van der Waals surface area contributed by atoms with Crippen LogP contribution >= 0.6 is 0 Å². The van der Waals surface area contributed by atoms with Crippen LogP contribution in [0.4, 0.5) is 35.4 Å². The van der Waals surface area contributed by atoms with Crippen LogP contribution in [0.5, 0.6) is 11.5 Å². The fraction of sp³-hybridized carbons (Fsp3) is 0.370. The Kier molecular flexibility index (Phi) is 9.20. The maximum absolute atomic E-state index is 14.7. The summed E-state index contributed by atoms with van der Waals surface area (Å²) in [6.45, 7) is 9.44. The van der Waals surface area contributed by atoms with E-state index in [1.807, 2.05) is 0 Å². The van der Waals surface area contributed by atoms with Crippen molar-refractivity contribution < 1.29 is 27.4 Å². The fourth-order valence-electron chi connectivity index (χ4n) is 4.01. The third-order valence-corrected chi connectivity index (χ3v) is 6.34. The van der Waals surface area contributed by atoms with Gasteiger partial charge in [0.15, 0.2) is 23.2 Å². The zero-order chi connectivity index (χ0) is 27.9. The Bertz CT molecular complexity index is 1290. The molecule has 39 heavy (non-hydrogen) atoms. The molecule has 1 aromatic heterocycles. The van der Waals surface area contributed by atoms with Gasteiger partial charge in [0.05, 0.1) is 0 Å². The van der Waals surface area contributed by atoms with Crippen molar-refractivity contribution in [3.05, 3.63) is 66.1 Å². The van der Waals surface area contributed by atoms with E-state index in [9.17, 15) is 18.0 Å². The number of hydrogen-bond acceptors (Lipinski definition) is 8. The van der Waals surface area contributed by atoms with Crippen LogP contribution in [0, 0.1) is 17.5 Å². The summed E-state index contributed by atoms with van der Waals surface area (Å²) in [6, 6.07) is 9.19. The molecule has 1 saturated heterocycles. The molecular weight excluding hydrogens is 513 g/mol. The Balaban J connectivity index is 1.30. The number of halogens is 3. The third kappa shape index (κ3) is 7.58. The number of nitrogens with zero attached hydrogens (tertiary/aromatic N) is 5. The summed E-state index contributed by atoms with van der Waals surface area (Å²) in [5.41, 5.74) is 0.383. The first-order valence-corrected chi connectivity index (χ1v) is 12.6. The molecule has 1 fully saturated rings. The maximum atomic E-state index is 14.7. The number of carbonyl (C=O) groups excluding carboxylic acids is 1. The predicted molar refractivity (Wildman–Crippen MR) is 141 cm³/mol. The maximum Gasteiger partial charge on any atom is 0.420 e. The van der Waals surface area contributed by atoms with E-state index in [2.05, 4.69) is 38.9 Å². The van der Waals surface area contributed by atoms with Crippen molar-refractivity contribution in [1.82, 2.24) is 19.8 Å². The second kappa shape index (κ2) is 12.8. The molecule has 0 spiro atoms. The average Bonchev–Trinajstić information content (AvgIpc) is 2.92. The molecule has 0 unspecified atom stereocenters. The number of ether oxygens (including phenoxy) is 2. The SMILES string of the molecule is CC(C)N1CCN(CCOc2ccc(Nc3nccc(N(C)C(=O)Oc4ccc(F)c(F)c4)n3)cc2F)CC1. The van der Waals surface area contributed by atoms with Gasteiger partial charge in [-0.05, 0) is 44.2 Å². The summed E-state index contributed by atoms with van der Waals surface area (Å²) in [6.07, 6.45) is 0.529. The number of carbonyl (C=O) groups is 1. The van der Waals surface area contributed by atoms with Gasteiger partial charge in [-0.25, -0.2) is 22.9 Å². The van der Waals surface area contributed by atoms with Crippen LogP contribution in [0.3, 0.4) is 0 Å². The van der Waals surface area contributed by atoms with Crippen LogP contribution in [0.15, 0.2) is 48.7 Å². The molecule has 1 N–H and O–H groups in total. The van der Waals surface area contributed by atoms with Crippen LogP contribution < -0.4 is 19.7 Å². The molecule has 208 valence electrons. The molecule has 9 nitrogen and oxygen atoms in total. The van der Waals surface area contributed by atoms with Gasteiger partial charge < -0.3 is 14.8 Å². The molecule has 3 aromatic rings. The molecule has 2 aromatic carbocycles. The van der Waals surface area contributed by atoms with Gasteiger partial charge in [0.1, 0.15) is 18.2 Å². The molecule has 0 bridgehead atoms. The summed E-state index contributed by atoms with van der Waals surface area (Å²) in [7, 11) is 1.39. The van der Waals surface area contributed by atoms with Gasteiger partial charge in [0.2, 0.25) is 5.95 Å². The smallest absolute Gasteiger partial charge is 0.420 e. The molecule has 0 atom stereocenters.